The van der Waals surface area contributed by atoms with E-state index in [9.17, 15) is 4.79 Å². The average molecular weight is 331 g/mol. The van der Waals surface area contributed by atoms with Crippen LogP contribution in [0.25, 0.3) is 10.6 Å². The van der Waals surface area contributed by atoms with E-state index in [1.165, 1.54) is 5.56 Å². The fraction of sp³-hybridized carbons (Fsp3) is 0.444. The van der Waals surface area contributed by atoms with Gasteiger partial charge in [0, 0.05) is 17.6 Å². The summed E-state index contributed by atoms with van der Waals surface area (Å²) in [5.74, 6) is -0.236. The summed E-state index contributed by atoms with van der Waals surface area (Å²) in [6.45, 7) is 3.19. The Morgan fingerprint density at radius 1 is 1.43 bits per heavy atom. The molecule has 1 aliphatic rings. The molecule has 0 aliphatic carbocycles. The maximum atomic E-state index is 11.9. The van der Waals surface area contributed by atoms with E-state index in [2.05, 4.69) is 24.0 Å². The summed E-state index contributed by atoms with van der Waals surface area (Å²) < 4.78 is 10.9. The SMILES string of the molecule is Cc1cccc(-c2nc(CC(=O)OCC3CCCCO3)cs2)c1. The second-order valence-corrected chi connectivity index (χ2v) is 6.72. The van der Waals surface area contributed by atoms with Crippen LogP contribution in [-0.4, -0.2) is 30.3 Å². The largest absolute Gasteiger partial charge is 0.463 e. The normalized spacial score (nSPS) is 17.9. The van der Waals surface area contributed by atoms with Crippen LogP contribution in [0.2, 0.25) is 0 Å². The minimum atomic E-state index is -0.236. The number of esters is 1. The highest BCUT2D eigenvalue weighted by Crippen LogP contribution is 2.24. The van der Waals surface area contributed by atoms with Crippen molar-refractivity contribution in [3.05, 3.63) is 40.9 Å². The van der Waals surface area contributed by atoms with Gasteiger partial charge in [0.25, 0.3) is 0 Å². The third-order valence-corrected chi connectivity index (χ3v) is 4.79. The molecule has 0 bridgehead atoms. The van der Waals surface area contributed by atoms with Gasteiger partial charge in [-0.05, 0) is 32.3 Å². The van der Waals surface area contributed by atoms with Crippen LogP contribution in [0, 0.1) is 6.92 Å². The van der Waals surface area contributed by atoms with Crippen molar-refractivity contribution in [1.82, 2.24) is 4.98 Å². The molecule has 4 nitrogen and oxygen atoms in total. The van der Waals surface area contributed by atoms with Crippen molar-refractivity contribution in [3.8, 4) is 10.6 Å². The summed E-state index contributed by atoms with van der Waals surface area (Å²) in [5.41, 5.74) is 3.05. The van der Waals surface area contributed by atoms with Gasteiger partial charge in [0.2, 0.25) is 0 Å². The van der Waals surface area contributed by atoms with Gasteiger partial charge in [-0.2, -0.15) is 0 Å². The van der Waals surface area contributed by atoms with Crippen LogP contribution in [0.1, 0.15) is 30.5 Å². The first-order chi connectivity index (χ1) is 11.2. The zero-order valence-electron chi connectivity index (χ0n) is 13.3. The Balaban J connectivity index is 1.53. The molecule has 23 heavy (non-hydrogen) atoms. The summed E-state index contributed by atoms with van der Waals surface area (Å²) in [7, 11) is 0. The van der Waals surface area contributed by atoms with Crippen molar-refractivity contribution in [2.24, 2.45) is 0 Å². The van der Waals surface area contributed by atoms with E-state index >= 15 is 0 Å². The molecule has 1 atom stereocenters. The number of hydrogen-bond acceptors (Lipinski definition) is 5. The Morgan fingerprint density at radius 3 is 3.13 bits per heavy atom. The van der Waals surface area contributed by atoms with Gasteiger partial charge in [0.15, 0.2) is 0 Å². The topological polar surface area (TPSA) is 48.4 Å². The molecule has 122 valence electrons. The predicted molar refractivity (Wildman–Crippen MR) is 90.5 cm³/mol. The van der Waals surface area contributed by atoms with E-state index < -0.39 is 0 Å². The quantitative estimate of drug-likeness (QED) is 0.783. The number of ether oxygens (including phenoxy) is 2. The number of aryl methyl sites for hydroxylation is 1. The molecule has 1 fully saturated rings. The smallest absolute Gasteiger partial charge is 0.311 e. The van der Waals surface area contributed by atoms with Crippen LogP contribution in [-0.2, 0) is 20.7 Å². The number of thiazole rings is 1. The molecular weight excluding hydrogens is 310 g/mol. The number of rotatable bonds is 5. The average Bonchev–Trinajstić information content (AvgIpc) is 3.02. The molecule has 0 radical (unpaired) electrons. The van der Waals surface area contributed by atoms with Crippen LogP contribution in [0.4, 0.5) is 0 Å². The van der Waals surface area contributed by atoms with Gasteiger partial charge in [-0.1, -0.05) is 23.8 Å². The van der Waals surface area contributed by atoms with Gasteiger partial charge in [-0.15, -0.1) is 11.3 Å². The highest BCUT2D eigenvalue weighted by Gasteiger charge is 2.17. The first kappa shape index (κ1) is 16.1. The summed E-state index contributed by atoms with van der Waals surface area (Å²) in [5, 5.41) is 2.86. The molecule has 2 aromatic rings. The van der Waals surface area contributed by atoms with Crippen molar-refractivity contribution in [2.45, 2.75) is 38.7 Å². The zero-order chi connectivity index (χ0) is 16.1. The van der Waals surface area contributed by atoms with Gasteiger partial charge >= 0.3 is 5.97 Å². The molecule has 0 saturated carbocycles. The van der Waals surface area contributed by atoms with E-state index in [0.717, 1.165) is 42.1 Å². The highest BCUT2D eigenvalue weighted by atomic mass is 32.1. The van der Waals surface area contributed by atoms with Crippen LogP contribution in [0.15, 0.2) is 29.6 Å². The van der Waals surface area contributed by atoms with Gasteiger partial charge in [-0.3, -0.25) is 4.79 Å². The molecule has 5 heteroatoms. The molecular formula is C18H21NO3S. The minimum Gasteiger partial charge on any atom is -0.463 e. The van der Waals surface area contributed by atoms with Crippen LogP contribution in [0.5, 0.6) is 0 Å². The maximum Gasteiger partial charge on any atom is 0.311 e. The standard InChI is InChI=1S/C18H21NO3S/c1-13-5-4-6-14(9-13)18-19-15(12-23-18)10-17(20)22-11-16-7-2-3-8-21-16/h4-6,9,12,16H,2-3,7-8,10-11H2,1H3. The van der Waals surface area contributed by atoms with Gasteiger partial charge in [0.05, 0.1) is 18.2 Å². The van der Waals surface area contributed by atoms with Crippen LogP contribution >= 0.6 is 11.3 Å². The van der Waals surface area contributed by atoms with Crippen molar-refractivity contribution < 1.29 is 14.3 Å². The molecule has 1 aromatic heterocycles. The van der Waals surface area contributed by atoms with Gasteiger partial charge < -0.3 is 9.47 Å². The molecule has 0 N–H and O–H groups in total. The Morgan fingerprint density at radius 2 is 2.35 bits per heavy atom. The molecule has 1 aromatic carbocycles. The third-order valence-electron chi connectivity index (χ3n) is 3.85. The summed E-state index contributed by atoms with van der Waals surface area (Å²) in [6.07, 6.45) is 3.50. The highest BCUT2D eigenvalue weighted by molar-refractivity contribution is 7.13. The molecule has 3 rings (SSSR count). The summed E-state index contributed by atoms with van der Waals surface area (Å²) >= 11 is 1.56. The molecule has 1 unspecified atom stereocenters. The summed E-state index contributed by atoms with van der Waals surface area (Å²) in [6, 6.07) is 8.21. The lowest BCUT2D eigenvalue weighted by Gasteiger charge is -2.21. The molecule has 2 heterocycles. The lowest BCUT2D eigenvalue weighted by atomic mass is 10.1. The van der Waals surface area contributed by atoms with Crippen molar-refractivity contribution in [1.29, 1.82) is 0 Å². The van der Waals surface area contributed by atoms with Crippen molar-refractivity contribution in [3.63, 3.8) is 0 Å². The van der Waals surface area contributed by atoms with Crippen molar-refractivity contribution >= 4 is 17.3 Å². The van der Waals surface area contributed by atoms with Crippen LogP contribution < -0.4 is 0 Å². The number of hydrogen-bond donors (Lipinski definition) is 0. The second-order valence-electron chi connectivity index (χ2n) is 5.86. The van der Waals surface area contributed by atoms with E-state index in [1.807, 2.05) is 17.5 Å². The molecule has 1 aliphatic heterocycles. The van der Waals surface area contributed by atoms with Gasteiger partial charge in [-0.25, -0.2) is 4.98 Å². The number of benzene rings is 1. The van der Waals surface area contributed by atoms with Crippen molar-refractivity contribution in [2.75, 3.05) is 13.2 Å². The number of aromatic nitrogens is 1. The van der Waals surface area contributed by atoms with Gasteiger partial charge in [0.1, 0.15) is 11.6 Å². The maximum absolute atomic E-state index is 11.9. The third kappa shape index (κ3) is 4.62. The number of carbonyl (C=O) groups excluding carboxylic acids is 1. The Bertz CT molecular complexity index is 662. The van der Waals surface area contributed by atoms with E-state index in [4.69, 9.17) is 9.47 Å². The molecule has 0 spiro atoms. The summed E-state index contributed by atoms with van der Waals surface area (Å²) in [4.78, 5) is 16.5. The first-order valence-electron chi connectivity index (χ1n) is 7.99. The Labute approximate surface area is 140 Å². The van der Waals surface area contributed by atoms with E-state index in [1.54, 1.807) is 11.3 Å². The Hall–Kier alpha value is -1.72. The number of carbonyl (C=O) groups is 1. The number of nitrogens with zero attached hydrogens (tertiary/aromatic N) is 1. The second kappa shape index (κ2) is 7.70. The molecule has 0 amide bonds. The fourth-order valence-corrected chi connectivity index (χ4v) is 3.44. The molecule has 1 saturated heterocycles. The first-order valence-corrected chi connectivity index (χ1v) is 8.87. The predicted octanol–water partition coefficient (Wildman–Crippen LogP) is 3.77. The Kier molecular flexibility index (Phi) is 5.41. The van der Waals surface area contributed by atoms with Crippen LogP contribution in [0.3, 0.4) is 0 Å². The minimum absolute atomic E-state index is 0.0611. The van der Waals surface area contributed by atoms with E-state index in [0.29, 0.717) is 6.61 Å². The fourth-order valence-electron chi connectivity index (χ4n) is 2.62. The lowest BCUT2D eigenvalue weighted by molar-refractivity contribution is -0.148. The lowest BCUT2D eigenvalue weighted by Crippen LogP contribution is -2.26. The van der Waals surface area contributed by atoms with E-state index in [-0.39, 0.29) is 18.5 Å². The zero-order valence-corrected chi connectivity index (χ0v) is 14.1. The monoisotopic (exact) mass is 331 g/mol.